The van der Waals surface area contributed by atoms with E-state index < -0.39 is 0 Å². The van der Waals surface area contributed by atoms with E-state index in [0.29, 0.717) is 12.3 Å². The summed E-state index contributed by atoms with van der Waals surface area (Å²) in [5.74, 6) is 0.293. The molecule has 0 rings (SSSR count). The lowest BCUT2D eigenvalue weighted by atomic mass is 10.3. The smallest absolute Gasteiger partial charge is 0.0905 e. The minimum atomic E-state index is 0.293. The minimum Gasteiger partial charge on any atom is -0.388 e. The molecular weight excluding hydrogens is 164 g/mol. The van der Waals surface area contributed by atoms with Crippen LogP contribution in [0.5, 0.6) is 0 Å². The first kappa shape index (κ1) is 12.4. The van der Waals surface area contributed by atoms with Crippen LogP contribution < -0.4 is 5.73 Å². The van der Waals surface area contributed by atoms with Gasteiger partial charge in [0, 0.05) is 19.5 Å². The van der Waals surface area contributed by atoms with Crippen molar-refractivity contribution in [3.8, 4) is 0 Å². The van der Waals surface area contributed by atoms with Crippen molar-refractivity contribution in [2.45, 2.75) is 12.8 Å². The quantitative estimate of drug-likeness (QED) is 0.441. The highest BCUT2D eigenvalue weighted by atomic mass is 15.1. The Morgan fingerprint density at radius 1 is 1.15 bits per heavy atom. The molecule has 0 heterocycles. The highest BCUT2D eigenvalue weighted by molar-refractivity contribution is 5.76. The highest BCUT2D eigenvalue weighted by Gasteiger charge is 1.99. The summed E-state index contributed by atoms with van der Waals surface area (Å²) >= 11 is 0. The maximum absolute atomic E-state index is 7.06. The Labute approximate surface area is 81.2 Å². The monoisotopic (exact) mass is 186 g/mol. The number of nitrogens with two attached hydrogens (primary N) is 1. The molecule has 0 aliphatic rings. The Bertz CT molecular complexity index is 145. The zero-order valence-corrected chi connectivity index (χ0v) is 9.01. The standard InChI is InChI=1S/C9H22N4/c1-12(2)7-8-13(3)6-4-5-9(10)11/h4-8H2,1-3H3,(H3,10,11). The molecule has 0 amide bonds. The fourth-order valence-electron chi connectivity index (χ4n) is 1.02. The Hall–Kier alpha value is -0.610. The molecule has 3 N–H and O–H groups in total. The molecule has 0 aliphatic heterocycles. The van der Waals surface area contributed by atoms with E-state index in [2.05, 4.69) is 30.9 Å². The molecule has 0 aliphatic carbocycles. The van der Waals surface area contributed by atoms with Crippen molar-refractivity contribution in [1.82, 2.24) is 9.80 Å². The summed E-state index contributed by atoms with van der Waals surface area (Å²) in [6.45, 7) is 3.18. The summed E-state index contributed by atoms with van der Waals surface area (Å²) in [5.41, 5.74) is 5.26. The van der Waals surface area contributed by atoms with Crippen molar-refractivity contribution in [3.05, 3.63) is 0 Å². The van der Waals surface area contributed by atoms with Crippen molar-refractivity contribution in [3.63, 3.8) is 0 Å². The van der Waals surface area contributed by atoms with Crippen LogP contribution in [0, 0.1) is 5.41 Å². The van der Waals surface area contributed by atoms with Gasteiger partial charge in [-0.25, -0.2) is 0 Å². The van der Waals surface area contributed by atoms with Gasteiger partial charge in [0.2, 0.25) is 0 Å². The molecule has 4 nitrogen and oxygen atoms in total. The first-order valence-corrected chi connectivity index (χ1v) is 4.68. The van der Waals surface area contributed by atoms with Crippen molar-refractivity contribution in [1.29, 1.82) is 5.41 Å². The lowest BCUT2D eigenvalue weighted by Gasteiger charge is -2.18. The molecule has 0 fully saturated rings. The van der Waals surface area contributed by atoms with E-state index in [-0.39, 0.29) is 0 Å². The van der Waals surface area contributed by atoms with Crippen LogP contribution in [0.2, 0.25) is 0 Å². The van der Waals surface area contributed by atoms with Crippen molar-refractivity contribution >= 4 is 5.84 Å². The number of nitrogens with one attached hydrogen (secondary N) is 1. The summed E-state index contributed by atoms with van der Waals surface area (Å²) in [6.07, 6.45) is 1.70. The molecule has 78 valence electrons. The van der Waals surface area contributed by atoms with Crippen LogP contribution in [-0.2, 0) is 0 Å². The highest BCUT2D eigenvalue weighted by Crippen LogP contribution is 1.92. The third kappa shape index (κ3) is 9.30. The van der Waals surface area contributed by atoms with E-state index >= 15 is 0 Å². The van der Waals surface area contributed by atoms with Gasteiger partial charge >= 0.3 is 0 Å². The summed E-state index contributed by atoms with van der Waals surface area (Å²) in [4.78, 5) is 4.43. The average Bonchev–Trinajstić information content (AvgIpc) is 2.00. The van der Waals surface area contributed by atoms with Gasteiger partial charge in [-0.1, -0.05) is 0 Å². The third-order valence-corrected chi connectivity index (χ3v) is 1.91. The molecule has 0 radical (unpaired) electrons. The minimum absolute atomic E-state index is 0.293. The van der Waals surface area contributed by atoms with Gasteiger partial charge < -0.3 is 15.5 Å². The Balaban J connectivity index is 3.29. The maximum Gasteiger partial charge on any atom is 0.0905 e. The molecular formula is C9H22N4. The van der Waals surface area contributed by atoms with E-state index in [1.165, 1.54) is 0 Å². The van der Waals surface area contributed by atoms with Crippen LogP contribution in [0.4, 0.5) is 0 Å². The summed E-state index contributed by atoms with van der Waals surface area (Å²) in [6, 6.07) is 0. The van der Waals surface area contributed by atoms with Gasteiger partial charge in [-0.15, -0.1) is 0 Å². The topological polar surface area (TPSA) is 56.4 Å². The van der Waals surface area contributed by atoms with Gasteiger partial charge in [0.25, 0.3) is 0 Å². The van der Waals surface area contributed by atoms with Crippen LogP contribution in [0.25, 0.3) is 0 Å². The Morgan fingerprint density at radius 2 is 1.77 bits per heavy atom. The Morgan fingerprint density at radius 3 is 2.23 bits per heavy atom. The molecule has 0 unspecified atom stereocenters. The second kappa shape index (κ2) is 6.86. The SMILES string of the molecule is CN(C)CCN(C)CCCC(=N)N. The zero-order chi connectivity index (χ0) is 10.3. The molecule has 13 heavy (non-hydrogen) atoms. The van der Waals surface area contributed by atoms with Crippen LogP contribution in [0.15, 0.2) is 0 Å². The molecule has 0 saturated carbocycles. The number of hydrogen-bond acceptors (Lipinski definition) is 3. The molecule has 0 atom stereocenters. The Kier molecular flexibility index (Phi) is 6.54. The molecule has 0 bridgehead atoms. The van der Waals surface area contributed by atoms with E-state index in [9.17, 15) is 0 Å². The normalized spacial score (nSPS) is 11.2. The van der Waals surface area contributed by atoms with E-state index in [4.69, 9.17) is 11.1 Å². The molecule has 0 saturated heterocycles. The van der Waals surface area contributed by atoms with Crippen LogP contribution in [-0.4, -0.2) is 56.4 Å². The predicted octanol–water partition coefficient (Wildman–Crippen LogP) is 0.196. The second-order valence-corrected chi connectivity index (χ2v) is 3.74. The van der Waals surface area contributed by atoms with Gasteiger partial charge in [0.1, 0.15) is 0 Å². The number of nitrogens with zero attached hydrogens (tertiary/aromatic N) is 2. The molecule has 0 aromatic rings. The van der Waals surface area contributed by atoms with Gasteiger partial charge in [-0.2, -0.15) is 0 Å². The average molecular weight is 186 g/mol. The number of likely N-dealkylation sites (N-methyl/N-ethyl adjacent to an activating group) is 2. The number of rotatable bonds is 7. The van der Waals surface area contributed by atoms with Gasteiger partial charge in [-0.05, 0) is 34.1 Å². The van der Waals surface area contributed by atoms with E-state index in [1.54, 1.807) is 0 Å². The first-order valence-electron chi connectivity index (χ1n) is 4.68. The lowest BCUT2D eigenvalue weighted by molar-refractivity contribution is 0.281. The number of amidine groups is 1. The second-order valence-electron chi connectivity index (χ2n) is 3.74. The summed E-state index contributed by atoms with van der Waals surface area (Å²) in [5, 5.41) is 7.06. The fourth-order valence-corrected chi connectivity index (χ4v) is 1.02. The molecule has 4 heteroatoms. The van der Waals surface area contributed by atoms with E-state index in [0.717, 1.165) is 26.1 Å². The van der Waals surface area contributed by atoms with Gasteiger partial charge in [-0.3, -0.25) is 5.41 Å². The maximum atomic E-state index is 7.06. The van der Waals surface area contributed by atoms with Crippen molar-refractivity contribution in [2.24, 2.45) is 5.73 Å². The molecule has 0 aromatic carbocycles. The van der Waals surface area contributed by atoms with Crippen LogP contribution >= 0.6 is 0 Å². The van der Waals surface area contributed by atoms with E-state index in [1.807, 2.05) is 0 Å². The van der Waals surface area contributed by atoms with Crippen molar-refractivity contribution < 1.29 is 0 Å². The number of hydrogen-bond donors (Lipinski definition) is 2. The third-order valence-electron chi connectivity index (χ3n) is 1.91. The molecule has 0 spiro atoms. The fraction of sp³-hybridized carbons (Fsp3) is 0.889. The summed E-state index contributed by atoms with van der Waals surface area (Å²) < 4.78 is 0. The first-order chi connectivity index (χ1) is 6.02. The molecule has 0 aromatic heterocycles. The summed E-state index contributed by atoms with van der Waals surface area (Å²) in [7, 11) is 6.25. The predicted molar refractivity (Wildman–Crippen MR) is 57.2 cm³/mol. The van der Waals surface area contributed by atoms with Crippen LogP contribution in [0.3, 0.4) is 0 Å². The van der Waals surface area contributed by atoms with Gasteiger partial charge in [0.05, 0.1) is 5.84 Å². The lowest BCUT2D eigenvalue weighted by Crippen LogP contribution is -2.29. The van der Waals surface area contributed by atoms with Gasteiger partial charge in [0.15, 0.2) is 0 Å². The largest absolute Gasteiger partial charge is 0.388 e. The van der Waals surface area contributed by atoms with Crippen LogP contribution in [0.1, 0.15) is 12.8 Å². The zero-order valence-electron chi connectivity index (χ0n) is 9.01. The van der Waals surface area contributed by atoms with Crippen molar-refractivity contribution in [2.75, 3.05) is 40.8 Å².